The summed E-state index contributed by atoms with van der Waals surface area (Å²) in [6.45, 7) is 4.08. The summed E-state index contributed by atoms with van der Waals surface area (Å²) in [4.78, 5) is 4.46. The van der Waals surface area contributed by atoms with Crippen LogP contribution in [0, 0.1) is 5.82 Å². The molecule has 2 rings (SSSR count). The molecule has 0 amide bonds. The van der Waals surface area contributed by atoms with Crippen molar-refractivity contribution >= 4 is 15.9 Å². The smallest absolute Gasteiger partial charge is 0.158 e. The van der Waals surface area contributed by atoms with E-state index >= 15 is 0 Å². The van der Waals surface area contributed by atoms with Gasteiger partial charge in [-0.2, -0.15) is 5.10 Å². The Bertz CT molecular complexity index is 549. The number of hydrogen-bond acceptors (Lipinski definition) is 2. The van der Waals surface area contributed by atoms with Crippen LogP contribution in [0.4, 0.5) is 4.39 Å². The Hall–Kier alpha value is -1.23. The molecule has 2 aromatic rings. The lowest BCUT2D eigenvalue weighted by molar-refractivity contribution is 0.621. The molecule has 0 bridgehead atoms. The van der Waals surface area contributed by atoms with E-state index in [-0.39, 0.29) is 11.7 Å². The van der Waals surface area contributed by atoms with E-state index in [1.165, 1.54) is 6.07 Å². The summed E-state index contributed by atoms with van der Waals surface area (Å²) in [5.41, 5.74) is 0.847. The molecule has 90 valence electrons. The maximum absolute atomic E-state index is 13.2. The number of nitrogens with zero attached hydrogens (tertiary/aromatic N) is 3. The van der Waals surface area contributed by atoms with Gasteiger partial charge >= 0.3 is 0 Å². The standard InChI is InChI=1S/C12H13BrFN3/c1-7(2)11-15-12(17(3)16-11)8-4-5-10(14)9(13)6-8/h4-7H,1-3H3. The molecule has 1 heterocycles. The van der Waals surface area contributed by atoms with E-state index in [9.17, 15) is 4.39 Å². The molecule has 0 aliphatic rings. The first kappa shape index (κ1) is 12.2. The molecular weight excluding hydrogens is 285 g/mol. The average Bonchev–Trinajstić information content (AvgIpc) is 2.65. The number of benzene rings is 1. The topological polar surface area (TPSA) is 30.7 Å². The maximum atomic E-state index is 13.2. The number of halogens is 2. The molecule has 5 heteroatoms. The fourth-order valence-electron chi connectivity index (χ4n) is 1.54. The minimum Gasteiger partial charge on any atom is -0.249 e. The molecule has 1 aromatic heterocycles. The van der Waals surface area contributed by atoms with E-state index < -0.39 is 0 Å². The van der Waals surface area contributed by atoms with Gasteiger partial charge in [0.2, 0.25) is 0 Å². The first-order valence-electron chi connectivity index (χ1n) is 5.35. The van der Waals surface area contributed by atoms with Crippen LogP contribution >= 0.6 is 15.9 Å². The number of hydrogen-bond donors (Lipinski definition) is 0. The van der Waals surface area contributed by atoms with Crippen molar-refractivity contribution in [2.75, 3.05) is 0 Å². The minimum atomic E-state index is -0.278. The average molecular weight is 298 g/mol. The highest BCUT2D eigenvalue weighted by molar-refractivity contribution is 9.10. The Morgan fingerprint density at radius 3 is 2.59 bits per heavy atom. The summed E-state index contributed by atoms with van der Waals surface area (Å²) < 4.78 is 15.3. The van der Waals surface area contributed by atoms with Crippen LogP contribution in [-0.2, 0) is 7.05 Å². The van der Waals surface area contributed by atoms with Crippen LogP contribution in [0.15, 0.2) is 22.7 Å². The van der Waals surface area contributed by atoms with E-state index in [4.69, 9.17) is 0 Å². The van der Waals surface area contributed by atoms with Crippen molar-refractivity contribution < 1.29 is 4.39 Å². The van der Waals surface area contributed by atoms with E-state index in [0.29, 0.717) is 4.47 Å². The lowest BCUT2D eigenvalue weighted by Crippen LogP contribution is -1.95. The highest BCUT2D eigenvalue weighted by Gasteiger charge is 2.12. The third-order valence-electron chi connectivity index (χ3n) is 2.47. The van der Waals surface area contributed by atoms with Crippen molar-refractivity contribution in [1.82, 2.24) is 14.8 Å². The molecule has 0 atom stereocenters. The number of aryl methyl sites for hydroxylation is 1. The first-order chi connectivity index (χ1) is 7.99. The second-order valence-electron chi connectivity index (χ2n) is 4.20. The fraction of sp³-hybridized carbons (Fsp3) is 0.333. The second-order valence-corrected chi connectivity index (χ2v) is 5.06. The molecule has 0 aliphatic heterocycles. The van der Waals surface area contributed by atoms with Crippen molar-refractivity contribution in [1.29, 1.82) is 0 Å². The predicted octanol–water partition coefficient (Wildman–Crippen LogP) is 3.51. The monoisotopic (exact) mass is 297 g/mol. The van der Waals surface area contributed by atoms with Gasteiger partial charge in [-0.05, 0) is 34.1 Å². The summed E-state index contributed by atoms with van der Waals surface area (Å²) in [5.74, 6) is 1.54. The summed E-state index contributed by atoms with van der Waals surface area (Å²) in [7, 11) is 1.84. The Balaban J connectivity index is 2.49. The van der Waals surface area contributed by atoms with Crippen LogP contribution in [0.1, 0.15) is 25.6 Å². The zero-order valence-electron chi connectivity index (χ0n) is 9.91. The van der Waals surface area contributed by atoms with Crippen molar-refractivity contribution in [2.45, 2.75) is 19.8 Å². The zero-order chi connectivity index (χ0) is 12.6. The van der Waals surface area contributed by atoms with Gasteiger partial charge in [0.1, 0.15) is 5.82 Å². The Kier molecular flexibility index (Phi) is 3.28. The SMILES string of the molecule is CC(C)c1nc(-c2ccc(F)c(Br)c2)n(C)n1. The lowest BCUT2D eigenvalue weighted by Gasteiger charge is -2.01. The zero-order valence-corrected chi connectivity index (χ0v) is 11.5. The van der Waals surface area contributed by atoms with Crippen LogP contribution in [0.3, 0.4) is 0 Å². The van der Waals surface area contributed by atoms with E-state index in [0.717, 1.165) is 17.2 Å². The molecule has 0 fully saturated rings. The predicted molar refractivity (Wildman–Crippen MR) is 68.2 cm³/mol. The Morgan fingerprint density at radius 2 is 2.06 bits per heavy atom. The molecular formula is C12H13BrFN3. The maximum Gasteiger partial charge on any atom is 0.158 e. The molecule has 0 N–H and O–H groups in total. The van der Waals surface area contributed by atoms with Gasteiger partial charge in [0.05, 0.1) is 4.47 Å². The molecule has 0 unspecified atom stereocenters. The molecule has 0 aliphatic carbocycles. The third-order valence-corrected chi connectivity index (χ3v) is 3.08. The molecule has 0 radical (unpaired) electrons. The second kappa shape index (κ2) is 4.56. The van der Waals surface area contributed by atoms with Crippen molar-refractivity contribution in [3.63, 3.8) is 0 Å². The highest BCUT2D eigenvalue weighted by Crippen LogP contribution is 2.24. The van der Waals surface area contributed by atoms with Crippen molar-refractivity contribution in [2.24, 2.45) is 7.05 Å². The van der Waals surface area contributed by atoms with E-state index in [1.807, 2.05) is 20.9 Å². The van der Waals surface area contributed by atoms with Gasteiger partial charge in [-0.15, -0.1) is 0 Å². The van der Waals surface area contributed by atoms with Gasteiger partial charge in [0.15, 0.2) is 11.6 Å². The van der Waals surface area contributed by atoms with Gasteiger partial charge in [-0.25, -0.2) is 14.1 Å². The highest BCUT2D eigenvalue weighted by atomic mass is 79.9. The summed E-state index contributed by atoms with van der Waals surface area (Å²) in [6.07, 6.45) is 0. The normalized spacial score (nSPS) is 11.2. The first-order valence-corrected chi connectivity index (χ1v) is 6.14. The van der Waals surface area contributed by atoms with Crippen molar-refractivity contribution in [3.8, 4) is 11.4 Å². The van der Waals surface area contributed by atoms with E-state index in [1.54, 1.807) is 16.8 Å². The summed E-state index contributed by atoms with van der Waals surface area (Å²) in [5, 5.41) is 4.34. The van der Waals surface area contributed by atoms with Gasteiger partial charge in [-0.3, -0.25) is 0 Å². The molecule has 3 nitrogen and oxygen atoms in total. The molecule has 0 saturated heterocycles. The molecule has 1 aromatic carbocycles. The third kappa shape index (κ3) is 2.39. The van der Waals surface area contributed by atoms with Crippen LogP contribution in [0.5, 0.6) is 0 Å². The fourth-order valence-corrected chi connectivity index (χ4v) is 1.91. The van der Waals surface area contributed by atoms with Crippen molar-refractivity contribution in [3.05, 3.63) is 34.3 Å². The van der Waals surface area contributed by atoms with Gasteiger partial charge in [0, 0.05) is 18.5 Å². The Labute approximate surface area is 108 Å². The largest absolute Gasteiger partial charge is 0.249 e. The van der Waals surface area contributed by atoms with Gasteiger partial charge < -0.3 is 0 Å². The number of rotatable bonds is 2. The van der Waals surface area contributed by atoms with Crippen LogP contribution in [0.25, 0.3) is 11.4 Å². The lowest BCUT2D eigenvalue weighted by atomic mass is 10.2. The van der Waals surface area contributed by atoms with Gasteiger partial charge in [0.25, 0.3) is 0 Å². The van der Waals surface area contributed by atoms with Crippen LogP contribution < -0.4 is 0 Å². The molecule has 17 heavy (non-hydrogen) atoms. The number of aromatic nitrogens is 3. The van der Waals surface area contributed by atoms with Crippen LogP contribution in [0.2, 0.25) is 0 Å². The Morgan fingerprint density at radius 1 is 1.35 bits per heavy atom. The molecule has 0 saturated carbocycles. The summed E-state index contributed by atoms with van der Waals surface area (Å²) in [6, 6.07) is 4.83. The molecule has 0 spiro atoms. The van der Waals surface area contributed by atoms with Crippen LogP contribution in [-0.4, -0.2) is 14.8 Å². The quantitative estimate of drug-likeness (QED) is 0.849. The van der Waals surface area contributed by atoms with Gasteiger partial charge in [-0.1, -0.05) is 13.8 Å². The minimum absolute atomic E-state index is 0.277. The van der Waals surface area contributed by atoms with E-state index in [2.05, 4.69) is 26.0 Å². The summed E-state index contributed by atoms with van der Waals surface area (Å²) >= 11 is 3.17.